The smallest absolute Gasteiger partial charge is 0.254 e. The van der Waals surface area contributed by atoms with E-state index in [9.17, 15) is 14.3 Å². The molecule has 3 heterocycles. The zero-order valence-electron chi connectivity index (χ0n) is 10.5. The maximum atomic E-state index is 14.4. The van der Waals surface area contributed by atoms with Crippen molar-refractivity contribution in [2.24, 2.45) is 7.05 Å². The van der Waals surface area contributed by atoms with E-state index >= 15 is 0 Å². The van der Waals surface area contributed by atoms with Crippen LogP contribution >= 0.6 is 0 Å². The first-order chi connectivity index (χ1) is 9.09. The van der Waals surface area contributed by atoms with Crippen molar-refractivity contribution in [3.05, 3.63) is 22.4 Å². The van der Waals surface area contributed by atoms with E-state index in [1.807, 2.05) is 0 Å². The summed E-state index contributed by atoms with van der Waals surface area (Å²) in [5.41, 5.74) is -0.402. The van der Waals surface area contributed by atoms with Crippen LogP contribution in [0.5, 0.6) is 5.75 Å². The van der Waals surface area contributed by atoms with Crippen LogP contribution in [0.15, 0.2) is 10.9 Å². The lowest BCUT2D eigenvalue weighted by Gasteiger charge is -2.22. The molecule has 0 aromatic carbocycles. The van der Waals surface area contributed by atoms with E-state index in [4.69, 9.17) is 4.74 Å². The topological polar surface area (TPSA) is 69.3 Å². The lowest BCUT2D eigenvalue weighted by molar-refractivity contribution is -0.0454. The summed E-state index contributed by atoms with van der Waals surface area (Å²) in [5, 5.41) is 13.8. The van der Waals surface area contributed by atoms with E-state index in [-0.39, 0.29) is 16.8 Å². The van der Waals surface area contributed by atoms with Crippen LogP contribution in [0.1, 0.15) is 25.5 Å². The predicted molar refractivity (Wildman–Crippen MR) is 65.4 cm³/mol. The number of nitrogens with zero attached hydrogens (tertiary/aromatic N) is 3. The summed E-state index contributed by atoms with van der Waals surface area (Å²) >= 11 is 0. The van der Waals surface area contributed by atoms with Gasteiger partial charge >= 0.3 is 0 Å². The van der Waals surface area contributed by atoms with Gasteiger partial charge in [0, 0.05) is 19.7 Å². The number of ether oxygens (including phenoxy) is 1. The lowest BCUT2D eigenvalue weighted by atomic mass is 10.2. The Morgan fingerprint density at radius 1 is 1.53 bits per heavy atom. The molecule has 6 nitrogen and oxygen atoms in total. The summed E-state index contributed by atoms with van der Waals surface area (Å²) in [6.07, 6.45) is 2.07. The lowest BCUT2D eigenvalue weighted by Crippen LogP contribution is -2.21. The van der Waals surface area contributed by atoms with Crippen LogP contribution < -0.4 is 5.56 Å². The van der Waals surface area contributed by atoms with Crippen molar-refractivity contribution >= 4 is 11.0 Å². The van der Waals surface area contributed by atoms with E-state index in [0.717, 1.165) is 28.2 Å². The van der Waals surface area contributed by atoms with Gasteiger partial charge in [0.25, 0.3) is 5.56 Å². The zero-order chi connectivity index (χ0) is 13.6. The molecular formula is C12H14FN3O3. The number of pyridine rings is 1. The number of hydrogen-bond acceptors (Lipinski definition) is 4. The Morgan fingerprint density at radius 2 is 2.32 bits per heavy atom. The Balaban J connectivity index is 2.22. The minimum atomic E-state index is -0.655. The number of halogens is 1. The van der Waals surface area contributed by atoms with E-state index in [1.54, 1.807) is 0 Å². The Morgan fingerprint density at radius 3 is 3.00 bits per heavy atom. The van der Waals surface area contributed by atoms with E-state index < -0.39 is 17.7 Å². The number of aromatic hydroxyl groups is 1. The van der Waals surface area contributed by atoms with Gasteiger partial charge in [-0.25, -0.2) is 4.68 Å². The minimum absolute atomic E-state index is 0.000765. The Kier molecular flexibility index (Phi) is 2.78. The number of fused-ring (bicyclic) bond motifs is 1. The molecule has 7 heteroatoms. The molecule has 0 spiro atoms. The highest BCUT2D eigenvalue weighted by Crippen LogP contribution is 2.29. The molecule has 2 aromatic rings. The molecule has 1 atom stereocenters. The molecule has 1 aliphatic rings. The fraction of sp³-hybridized carbons (Fsp3) is 0.500. The van der Waals surface area contributed by atoms with E-state index in [0.29, 0.717) is 13.0 Å². The highest BCUT2D eigenvalue weighted by atomic mass is 19.1. The first-order valence-corrected chi connectivity index (χ1v) is 6.18. The molecule has 0 saturated carbocycles. The van der Waals surface area contributed by atoms with Crippen molar-refractivity contribution in [3.8, 4) is 5.75 Å². The van der Waals surface area contributed by atoms with Gasteiger partial charge in [-0.1, -0.05) is 0 Å². The van der Waals surface area contributed by atoms with Crippen LogP contribution in [0.2, 0.25) is 0 Å². The maximum Gasteiger partial charge on any atom is 0.254 e. The van der Waals surface area contributed by atoms with Crippen molar-refractivity contribution < 1.29 is 14.2 Å². The van der Waals surface area contributed by atoms with Gasteiger partial charge in [0.15, 0.2) is 17.5 Å². The van der Waals surface area contributed by atoms with Gasteiger partial charge in [-0.2, -0.15) is 9.49 Å². The van der Waals surface area contributed by atoms with Crippen molar-refractivity contribution in [1.29, 1.82) is 0 Å². The maximum absolute atomic E-state index is 14.4. The van der Waals surface area contributed by atoms with Crippen LogP contribution in [0, 0.1) is 5.95 Å². The van der Waals surface area contributed by atoms with Gasteiger partial charge in [-0.05, 0) is 19.3 Å². The molecular weight excluding hydrogens is 253 g/mol. The van der Waals surface area contributed by atoms with Crippen molar-refractivity contribution in [2.45, 2.75) is 25.5 Å². The van der Waals surface area contributed by atoms with Gasteiger partial charge < -0.3 is 14.4 Å². The zero-order valence-corrected chi connectivity index (χ0v) is 10.5. The normalized spacial score (nSPS) is 20.0. The van der Waals surface area contributed by atoms with Crippen LogP contribution in [0.25, 0.3) is 11.0 Å². The number of hydrogen-bond donors (Lipinski definition) is 1. The molecule has 3 rings (SSSR count). The largest absolute Gasteiger partial charge is 0.505 e. The van der Waals surface area contributed by atoms with Gasteiger partial charge in [0.05, 0.1) is 0 Å². The highest BCUT2D eigenvalue weighted by molar-refractivity contribution is 5.80. The number of aromatic nitrogens is 3. The third-order valence-corrected chi connectivity index (χ3v) is 3.43. The fourth-order valence-corrected chi connectivity index (χ4v) is 2.37. The van der Waals surface area contributed by atoms with E-state index in [1.165, 1.54) is 7.05 Å². The number of aryl methyl sites for hydroxylation is 1. The average Bonchev–Trinajstić information content (AvgIpc) is 2.76. The van der Waals surface area contributed by atoms with Crippen molar-refractivity contribution in [1.82, 2.24) is 14.3 Å². The molecule has 102 valence electrons. The first kappa shape index (κ1) is 12.2. The molecule has 2 aromatic heterocycles. The first-order valence-electron chi connectivity index (χ1n) is 6.18. The summed E-state index contributed by atoms with van der Waals surface area (Å²) < 4.78 is 22.1. The standard InChI is InChI=1S/C12H14FN3O3/c1-15-8(18)6-7(17)10-11(15)12(13)16(14-10)9-4-2-3-5-19-9/h6,9,17H,2-5H2,1H3. The second-order valence-corrected chi connectivity index (χ2v) is 4.68. The quantitative estimate of drug-likeness (QED) is 0.845. The third kappa shape index (κ3) is 1.81. The molecule has 0 aliphatic carbocycles. The molecule has 19 heavy (non-hydrogen) atoms. The molecule has 1 fully saturated rings. The third-order valence-electron chi connectivity index (χ3n) is 3.43. The average molecular weight is 267 g/mol. The van der Waals surface area contributed by atoms with Gasteiger partial charge in [-0.15, -0.1) is 0 Å². The molecule has 0 radical (unpaired) electrons. The SMILES string of the molecule is Cn1c(=O)cc(O)c2nn(C3CCCCO3)c(F)c21. The van der Waals surface area contributed by atoms with Crippen LogP contribution in [-0.2, 0) is 11.8 Å². The van der Waals surface area contributed by atoms with Crippen LogP contribution in [-0.4, -0.2) is 26.1 Å². The Labute approximate surface area is 108 Å². The minimum Gasteiger partial charge on any atom is -0.505 e. The molecule has 0 amide bonds. The Hall–Kier alpha value is -1.89. The highest BCUT2D eigenvalue weighted by Gasteiger charge is 2.24. The molecule has 1 unspecified atom stereocenters. The van der Waals surface area contributed by atoms with E-state index in [2.05, 4.69) is 5.10 Å². The summed E-state index contributed by atoms with van der Waals surface area (Å²) in [7, 11) is 1.45. The van der Waals surface area contributed by atoms with Crippen LogP contribution in [0.4, 0.5) is 4.39 Å². The number of rotatable bonds is 1. The predicted octanol–water partition coefficient (Wildman–Crippen LogP) is 1.28. The van der Waals surface area contributed by atoms with Crippen molar-refractivity contribution in [2.75, 3.05) is 6.61 Å². The fourth-order valence-electron chi connectivity index (χ4n) is 2.37. The summed E-state index contributed by atoms with van der Waals surface area (Å²) in [4.78, 5) is 11.6. The van der Waals surface area contributed by atoms with Gasteiger partial charge in [0.1, 0.15) is 5.52 Å². The van der Waals surface area contributed by atoms with Crippen molar-refractivity contribution in [3.63, 3.8) is 0 Å². The molecule has 1 N–H and O–H groups in total. The van der Waals surface area contributed by atoms with Crippen LogP contribution in [0.3, 0.4) is 0 Å². The molecule has 1 aliphatic heterocycles. The monoisotopic (exact) mass is 267 g/mol. The van der Waals surface area contributed by atoms with Gasteiger partial charge in [0.2, 0.25) is 5.95 Å². The Bertz CT molecular complexity index is 686. The summed E-state index contributed by atoms with van der Waals surface area (Å²) in [6, 6.07) is 1.03. The molecule has 1 saturated heterocycles. The summed E-state index contributed by atoms with van der Waals surface area (Å²) in [6.45, 7) is 0.561. The summed E-state index contributed by atoms with van der Waals surface area (Å²) in [5.74, 6) is -0.969. The second kappa shape index (κ2) is 4.34. The molecule has 0 bridgehead atoms. The second-order valence-electron chi connectivity index (χ2n) is 4.68. The van der Waals surface area contributed by atoms with Gasteiger partial charge in [-0.3, -0.25) is 4.79 Å².